The van der Waals surface area contributed by atoms with Crippen molar-refractivity contribution in [2.75, 3.05) is 10.6 Å². The Kier molecular flexibility index (Phi) is 5.97. The van der Waals surface area contributed by atoms with Gasteiger partial charge in [0.2, 0.25) is 5.91 Å². The van der Waals surface area contributed by atoms with Crippen LogP contribution in [-0.4, -0.2) is 15.5 Å². The molecule has 3 N–H and O–H groups in total. The fourth-order valence-corrected chi connectivity index (χ4v) is 3.11. The maximum absolute atomic E-state index is 12.9. The van der Waals surface area contributed by atoms with Gasteiger partial charge in [0, 0.05) is 5.92 Å². The van der Waals surface area contributed by atoms with E-state index in [1.54, 1.807) is 13.8 Å². The molecule has 3 aromatic rings. The third-order valence-corrected chi connectivity index (χ3v) is 4.61. The second-order valence-corrected chi connectivity index (χ2v) is 7.13. The summed E-state index contributed by atoms with van der Waals surface area (Å²) >= 11 is 0. The monoisotopic (exact) mass is 392 g/mol. The van der Waals surface area contributed by atoms with Gasteiger partial charge in [0.15, 0.2) is 5.69 Å². The average Bonchev–Trinajstić information content (AvgIpc) is 2.71. The minimum absolute atomic E-state index is 0.0110. The SMILES string of the molecule is CC(C)C(=O)N(Cc1ccccc1)c1c(N)n(Cc2ccccc2)c(=O)[nH]c1=O. The van der Waals surface area contributed by atoms with Gasteiger partial charge in [-0.1, -0.05) is 74.5 Å². The number of hydrogen-bond acceptors (Lipinski definition) is 4. The molecule has 2 aromatic carbocycles. The van der Waals surface area contributed by atoms with Gasteiger partial charge in [-0.3, -0.25) is 24.0 Å². The number of rotatable bonds is 6. The van der Waals surface area contributed by atoms with Gasteiger partial charge in [-0.05, 0) is 11.1 Å². The first-order valence-corrected chi connectivity index (χ1v) is 9.40. The number of carbonyl (C=O) groups is 1. The second kappa shape index (κ2) is 8.60. The van der Waals surface area contributed by atoms with Crippen molar-refractivity contribution in [3.63, 3.8) is 0 Å². The highest BCUT2D eigenvalue weighted by molar-refractivity contribution is 5.96. The number of nitrogen functional groups attached to an aromatic ring is 1. The molecule has 0 radical (unpaired) electrons. The summed E-state index contributed by atoms with van der Waals surface area (Å²) in [6.45, 7) is 3.87. The molecular weight excluding hydrogens is 368 g/mol. The molecule has 0 atom stereocenters. The molecule has 0 bridgehead atoms. The lowest BCUT2D eigenvalue weighted by Gasteiger charge is -2.26. The molecule has 1 aromatic heterocycles. The number of aromatic nitrogens is 2. The van der Waals surface area contributed by atoms with Crippen LogP contribution in [0.2, 0.25) is 0 Å². The Morgan fingerprint density at radius 3 is 2.10 bits per heavy atom. The molecule has 1 amide bonds. The molecule has 0 spiro atoms. The van der Waals surface area contributed by atoms with Crippen LogP contribution in [0.15, 0.2) is 70.3 Å². The van der Waals surface area contributed by atoms with E-state index in [0.29, 0.717) is 0 Å². The van der Waals surface area contributed by atoms with E-state index in [1.165, 1.54) is 9.47 Å². The predicted molar refractivity (Wildman–Crippen MR) is 114 cm³/mol. The van der Waals surface area contributed by atoms with E-state index in [4.69, 9.17) is 5.73 Å². The van der Waals surface area contributed by atoms with Crippen molar-refractivity contribution in [1.29, 1.82) is 0 Å². The van der Waals surface area contributed by atoms with E-state index < -0.39 is 11.2 Å². The Morgan fingerprint density at radius 2 is 1.55 bits per heavy atom. The zero-order valence-corrected chi connectivity index (χ0v) is 16.5. The van der Waals surface area contributed by atoms with Gasteiger partial charge in [-0.15, -0.1) is 0 Å². The fraction of sp³-hybridized carbons (Fsp3) is 0.227. The largest absolute Gasteiger partial charge is 0.383 e. The third kappa shape index (κ3) is 4.45. The zero-order chi connectivity index (χ0) is 21.0. The lowest BCUT2D eigenvalue weighted by Crippen LogP contribution is -2.42. The van der Waals surface area contributed by atoms with Gasteiger partial charge < -0.3 is 5.73 Å². The summed E-state index contributed by atoms with van der Waals surface area (Å²) in [6, 6.07) is 18.6. The number of carbonyl (C=O) groups excluding carboxylic acids is 1. The van der Waals surface area contributed by atoms with E-state index in [1.807, 2.05) is 60.7 Å². The van der Waals surface area contributed by atoms with Crippen LogP contribution in [0.4, 0.5) is 11.5 Å². The number of nitrogens with two attached hydrogens (primary N) is 1. The van der Waals surface area contributed by atoms with Crippen molar-refractivity contribution < 1.29 is 4.79 Å². The Morgan fingerprint density at radius 1 is 1.00 bits per heavy atom. The van der Waals surface area contributed by atoms with E-state index in [0.717, 1.165) is 11.1 Å². The number of benzene rings is 2. The maximum Gasteiger partial charge on any atom is 0.330 e. The topological polar surface area (TPSA) is 101 Å². The fourth-order valence-electron chi connectivity index (χ4n) is 3.11. The van der Waals surface area contributed by atoms with Crippen molar-refractivity contribution >= 4 is 17.4 Å². The Labute approximate surface area is 168 Å². The number of nitrogens with zero attached hydrogens (tertiary/aromatic N) is 2. The molecule has 150 valence electrons. The van der Waals surface area contributed by atoms with Crippen molar-refractivity contribution in [3.05, 3.63) is 92.6 Å². The summed E-state index contributed by atoms with van der Waals surface area (Å²) in [7, 11) is 0. The lowest BCUT2D eigenvalue weighted by molar-refractivity contribution is -0.121. The van der Waals surface area contributed by atoms with E-state index in [2.05, 4.69) is 4.98 Å². The minimum atomic E-state index is -0.679. The summed E-state index contributed by atoms with van der Waals surface area (Å²) in [5.41, 5.74) is 6.67. The average molecular weight is 392 g/mol. The number of anilines is 2. The molecule has 0 aliphatic heterocycles. The molecule has 29 heavy (non-hydrogen) atoms. The Balaban J connectivity index is 2.12. The lowest BCUT2D eigenvalue weighted by atomic mass is 10.1. The predicted octanol–water partition coefficient (Wildman–Crippen LogP) is 2.36. The van der Waals surface area contributed by atoms with Crippen molar-refractivity contribution in [3.8, 4) is 0 Å². The molecule has 7 heteroatoms. The van der Waals surface area contributed by atoms with Crippen molar-refractivity contribution in [2.24, 2.45) is 5.92 Å². The van der Waals surface area contributed by atoms with Gasteiger partial charge in [0.25, 0.3) is 5.56 Å². The van der Waals surface area contributed by atoms with Crippen LogP contribution in [0.3, 0.4) is 0 Å². The number of amides is 1. The summed E-state index contributed by atoms with van der Waals surface area (Å²) in [5.74, 6) is -0.643. The smallest absolute Gasteiger partial charge is 0.330 e. The van der Waals surface area contributed by atoms with Crippen LogP contribution in [0, 0.1) is 5.92 Å². The van der Waals surface area contributed by atoms with Gasteiger partial charge >= 0.3 is 5.69 Å². The first-order chi connectivity index (χ1) is 13.9. The molecule has 0 aliphatic carbocycles. The number of aromatic amines is 1. The van der Waals surface area contributed by atoms with Crippen LogP contribution in [0.1, 0.15) is 25.0 Å². The first-order valence-electron chi connectivity index (χ1n) is 9.40. The van der Waals surface area contributed by atoms with E-state index in [-0.39, 0.29) is 36.4 Å². The molecule has 0 saturated heterocycles. The zero-order valence-electron chi connectivity index (χ0n) is 16.5. The highest BCUT2D eigenvalue weighted by atomic mass is 16.2. The van der Waals surface area contributed by atoms with Crippen LogP contribution >= 0.6 is 0 Å². The first kappa shape index (κ1) is 20.1. The van der Waals surface area contributed by atoms with E-state index >= 15 is 0 Å². The van der Waals surface area contributed by atoms with Gasteiger partial charge in [0.1, 0.15) is 5.82 Å². The molecule has 0 fully saturated rings. The van der Waals surface area contributed by atoms with E-state index in [9.17, 15) is 14.4 Å². The highest BCUT2D eigenvalue weighted by Crippen LogP contribution is 2.22. The third-order valence-electron chi connectivity index (χ3n) is 4.61. The Bertz CT molecular complexity index is 1100. The maximum atomic E-state index is 12.9. The van der Waals surface area contributed by atoms with Crippen molar-refractivity contribution in [2.45, 2.75) is 26.9 Å². The molecule has 3 rings (SSSR count). The number of nitrogens with one attached hydrogen (secondary N) is 1. The summed E-state index contributed by atoms with van der Waals surface area (Å²) in [5, 5.41) is 0. The van der Waals surface area contributed by atoms with Gasteiger partial charge in [0.05, 0.1) is 13.1 Å². The van der Waals surface area contributed by atoms with Gasteiger partial charge in [-0.2, -0.15) is 0 Å². The second-order valence-electron chi connectivity index (χ2n) is 7.13. The summed E-state index contributed by atoms with van der Waals surface area (Å²) in [4.78, 5) is 41.7. The van der Waals surface area contributed by atoms with Crippen LogP contribution in [-0.2, 0) is 17.9 Å². The molecule has 0 unspecified atom stereocenters. The quantitative estimate of drug-likeness (QED) is 0.672. The van der Waals surface area contributed by atoms with Gasteiger partial charge in [-0.25, -0.2) is 4.79 Å². The standard InChI is InChI=1S/C22H24N4O3/c1-15(2)21(28)25(13-16-9-5-3-6-10-16)18-19(23)26(22(29)24-20(18)27)14-17-11-7-4-8-12-17/h3-12,15H,13-14,23H2,1-2H3,(H,24,27,29). The summed E-state index contributed by atoms with van der Waals surface area (Å²) in [6.07, 6.45) is 0. The normalized spacial score (nSPS) is 10.9. The summed E-state index contributed by atoms with van der Waals surface area (Å²) < 4.78 is 1.28. The molecule has 7 nitrogen and oxygen atoms in total. The molecule has 0 saturated carbocycles. The highest BCUT2D eigenvalue weighted by Gasteiger charge is 2.26. The minimum Gasteiger partial charge on any atom is -0.383 e. The van der Waals surface area contributed by atoms with Crippen LogP contribution in [0.25, 0.3) is 0 Å². The van der Waals surface area contributed by atoms with Crippen LogP contribution in [0.5, 0.6) is 0 Å². The number of H-pyrrole nitrogens is 1. The molecular formula is C22H24N4O3. The Hall–Kier alpha value is -3.61. The van der Waals surface area contributed by atoms with Crippen LogP contribution < -0.4 is 21.9 Å². The molecule has 0 aliphatic rings. The molecule has 1 heterocycles. The number of hydrogen-bond donors (Lipinski definition) is 2. The van der Waals surface area contributed by atoms with Crippen molar-refractivity contribution in [1.82, 2.24) is 9.55 Å².